The Kier molecular flexibility index (Phi) is 5.23. The molecule has 3 aromatic rings. The summed E-state index contributed by atoms with van der Waals surface area (Å²) in [7, 11) is 0. The molecule has 0 radical (unpaired) electrons. The lowest BCUT2D eigenvalue weighted by molar-refractivity contribution is -0.143. The van der Waals surface area contributed by atoms with Gasteiger partial charge in [-0.25, -0.2) is 0 Å². The van der Waals surface area contributed by atoms with Crippen molar-refractivity contribution >= 4 is 16.8 Å². The average Bonchev–Trinajstić information content (AvgIpc) is 3.10. The second kappa shape index (κ2) is 7.80. The molecule has 3 unspecified atom stereocenters. The smallest absolute Gasteiger partial charge is 0.223 e. The van der Waals surface area contributed by atoms with Gasteiger partial charge in [0.1, 0.15) is 0 Å². The predicted octanol–water partition coefficient (Wildman–Crippen LogP) is 4.63. The van der Waals surface area contributed by atoms with Crippen molar-refractivity contribution in [2.45, 2.75) is 45.3 Å². The molecule has 0 saturated carbocycles. The van der Waals surface area contributed by atoms with Gasteiger partial charge in [0.05, 0.1) is 12.2 Å². The summed E-state index contributed by atoms with van der Waals surface area (Å²) >= 11 is 0. The Labute approximate surface area is 166 Å². The number of hydrogen-bond acceptors (Lipinski definition) is 2. The van der Waals surface area contributed by atoms with Crippen LogP contribution in [0.15, 0.2) is 54.7 Å². The molecule has 1 aliphatic rings. The van der Waals surface area contributed by atoms with Crippen molar-refractivity contribution in [2.24, 2.45) is 0 Å². The first kappa shape index (κ1) is 18.8. The van der Waals surface area contributed by atoms with Crippen molar-refractivity contribution in [1.82, 2.24) is 9.88 Å². The summed E-state index contributed by atoms with van der Waals surface area (Å²) in [5.41, 5.74) is 4.69. The molecule has 146 valence electrons. The van der Waals surface area contributed by atoms with Crippen LogP contribution in [0.25, 0.3) is 10.9 Å². The normalized spacial score (nSPS) is 21.0. The summed E-state index contributed by atoms with van der Waals surface area (Å²) in [5, 5.41) is 1.18. The molecule has 2 heterocycles. The summed E-state index contributed by atoms with van der Waals surface area (Å²) in [6.07, 6.45) is 2.69. The van der Waals surface area contributed by atoms with Gasteiger partial charge in [-0.15, -0.1) is 0 Å². The van der Waals surface area contributed by atoms with E-state index in [1.54, 1.807) is 0 Å². The second-order valence-corrected chi connectivity index (χ2v) is 8.01. The van der Waals surface area contributed by atoms with Gasteiger partial charge in [0.2, 0.25) is 5.91 Å². The number of nitrogens with one attached hydrogen (secondary N) is 1. The Bertz CT molecular complexity index is 950. The SMILES string of the molecule is Cc1ccc(C(CC(=O)N2CC(C)OC(C)C2)c2c[nH]c3ccccc23)cc1. The van der Waals surface area contributed by atoms with Crippen LogP contribution in [0, 0.1) is 6.92 Å². The fraction of sp³-hybridized carbons (Fsp3) is 0.375. The van der Waals surface area contributed by atoms with Crippen molar-refractivity contribution in [3.05, 3.63) is 71.4 Å². The van der Waals surface area contributed by atoms with Gasteiger partial charge in [-0.3, -0.25) is 4.79 Å². The van der Waals surface area contributed by atoms with Crippen molar-refractivity contribution in [2.75, 3.05) is 13.1 Å². The first-order chi connectivity index (χ1) is 13.5. The number of nitrogens with zero attached hydrogens (tertiary/aromatic N) is 1. The number of carbonyl (C=O) groups excluding carboxylic acids is 1. The maximum atomic E-state index is 13.2. The molecule has 1 amide bonds. The number of H-pyrrole nitrogens is 1. The maximum Gasteiger partial charge on any atom is 0.223 e. The summed E-state index contributed by atoms with van der Waals surface area (Å²) < 4.78 is 5.80. The number of morpholine rings is 1. The van der Waals surface area contributed by atoms with Crippen LogP contribution in [0.4, 0.5) is 0 Å². The zero-order valence-electron chi connectivity index (χ0n) is 16.8. The third-order valence-corrected chi connectivity index (χ3v) is 5.63. The average molecular weight is 376 g/mol. The Balaban J connectivity index is 1.67. The lowest BCUT2D eigenvalue weighted by Gasteiger charge is -2.36. The Morgan fingerprint density at radius 1 is 1.11 bits per heavy atom. The fourth-order valence-electron chi connectivity index (χ4n) is 4.27. The predicted molar refractivity (Wildman–Crippen MR) is 113 cm³/mol. The molecule has 4 nitrogen and oxygen atoms in total. The second-order valence-electron chi connectivity index (χ2n) is 8.01. The monoisotopic (exact) mass is 376 g/mol. The molecule has 0 bridgehead atoms. The number of ether oxygens (including phenoxy) is 1. The molecular formula is C24H28N2O2. The van der Waals surface area contributed by atoms with E-state index in [0.29, 0.717) is 19.5 Å². The van der Waals surface area contributed by atoms with Gasteiger partial charge >= 0.3 is 0 Å². The number of aromatic amines is 1. The van der Waals surface area contributed by atoms with Gasteiger partial charge in [-0.2, -0.15) is 0 Å². The van der Waals surface area contributed by atoms with E-state index in [4.69, 9.17) is 4.74 Å². The van der Waals surface area contributed by atoms with Gasteiger partial charge in [0.15, 0.2) is 0 Å². The van der Waals surface area contributed by atoms with Crippen molar-refractivity contribution in [3.63, 3.8) is 0 Å². The van der Waals surface area contributed by atoms with Crippen LogP contribution in [-0.2, 0) is 9.53 Å². The van der Waals surface area contributed by atoms with E-state index in [2.05, 4.69) is 60.6 Å². The molecule has 3 atom stereocenters. The van der Waals surface area contributed by atoms with Crippen LogP contribution >= 0.6 is 0 Å². The number of aryl methyl sites for hydroxylation is 1. The van der Waals surface area contributed by atoms with Gasteiger partial charge in [0, 0.05) is 42.5 Å². The molecule has 2 aromatic carbocycles. The molecule has 28 heavy (non-hydrogen) atoms. The van der Waals surface area contributed by atoms with E-state index < -0.39 is 0 Å². The summed E-state index contributed by atoms with van der Waals surface area (Å²) in [6.45, 7) is 7.49. The standard InChI is InChI=1S/C24H28N2O2/c1-16-8-10-19(11-9-16)21(22-13-25-23-7-5-4-6-20(22)23)12-24(27)26-14-17(2)28-18(3)15-26/h4-11,13,17-18,21,25H,12,14-15H2,1-3H3. The van der Waals surface area contributed by atoms with E-state index in [-0.39, 0.29) is 24.0 Å². The number of amides is 1. The van der Waals surface area contributed by atoms with Crippen molar-refractivity contribution in [1.29, 1.82) is 0 Å². The number of rotatable bonds is 4. The Morgan fingerprint density at radius 3 is 2.50 bits per heavy atom. The first-order valence-electron chi connectivity index (χ1n) is 10.1. The fourth-order valence-corrected chi connectivity index (χ4v) is 4.27. The third kappa shape index (κ3) is 3.83. The van der Waals surface area contributed by atoms with Crippen LogP contribution in [0.2, 0.25) is 0 Å². The minimum Gasteiger partial charge on any atom is -0.372 e. The van der Waals surface area contributed by atoms with Gasteiger partial charge < -0.3 is 14.6 Å². The molecule has 1 aliphatic heterocycles. The molecule has 1 saturated heterocycles. The highest BCUT2D eigenvalue weighted by molar-refractivity contribution is 5.86. The van der Waals surface area contributed by atoms with Crippen LogP contribution < -0.4 is 0 Å². The highest BCUT2D eigenvalue weighted by Gasteiger charge is 2.29. The van der Waals surface area contributed by atoms with Gasteiger partial charge in [-0.1, -0.05) is 48.0 Å². The summed E-state index contributed by atoms with van der Waals surface area (Å²) in [4.78, 5) is 18.6. The molecule has 0 spiro atoms. The highest BCUT2D eigenvalue weighted by atomic mass is 16.5. The van der Waals surface area contributed by atoms with Gasteiger partial charge in [-0.05, 0) is 38.0 Å². The third-order valence-electron chi connectivity index (χ3n) is 5.63. The topological polar surface area (TPSA) is 45.3 Å². The van der Waals surface area contributed by atoms with E-state index in [9.17, 15) is 4.79 Å². The van der Waals surface area contributed by atoms with E-state index in [1.165, 1.54) is 22.1 Å². The summed E-state index contributed by atoms with van der Waals surface area (Å²) in [6, 6.07) is 16.9. The molecule has 1 aromatic heterocycles. The van der Waals surface area contributed by atoms with E-state index in [1.807, 2.05) is 24.8 Å². The maximum absolute atomic E-state index is 13.2. The molecule has 1 N–H and O–H groups in total. The first-order valence-corrected chi connectivity index (χ1v) is 10.1. The van der Waals surface area contributed by atoms with Crippen LogP contribution in [-0.4, -0.2) is 41.1 Å². The lowest BCUT2D eigenvalue weighted by Crippen LogP contribution is -2.48. The van der Waals surface area contributed by atoms with E-state index in [0.717, 1.165) is 5.52 Å². The zero-order valence-corrected chi connectivity index (χ0v) is 16.8. The lowest BCUT2D eigenvalue weighted by atomic mass is 9.87. The highest BCUT2D eigenvalue weighted by Crippen LogP contribution is 2.34. The number of fused-ring (bicyclic) bond motifs is 1. The molecule has 4 heteroatoms. The molecule has 1 fully saturated rings. The Morgan fingerprint density at radius 2 is 1.79 bits per heavy atom. The van der Waals surface area contributed by atoms with Crippen LogP contribution in [0.5, 0.6) is 0 Å². The van der Waals surface area contributed by atoms with Crippen molar-refractivity contribution in [3.8, 4) is 0 Å². The van der Waals surface area contributed by atoms with E-state index >= 15 is 0 Å². The number of hydrogen-bond donors (Lipinski definition) is 1. The zero-order chi connectivity index (χ0) is 19.7. The number of benzene rings is 2. The minimum atomic E-state index is 0.0257. The van der Waals surface area contributed by atoms with Crippen LogP contribution in [0.1, 0.15) is 42.9 Å². The number of aromatic nitrogens is 1. The summed E-state index contributed by atoms with van der Waals surface area (Å²) in [5.74, 6) is 0.218. The number of carbonyl (C=O) groups is 1. The van der Waals surface area contributed by atoms with Gasteiger partial charge in [0.25, 0.3) is 0 Å². The van der Waals surface area contributed by atoms with Crippen LogP contribution in [0.3, 0.4) is 0 Å². The Hall–Kier alpha value is -2.59. The molecular weight excluding hydrogens is 348 g/mol. The quantitative estimate of drug-likeness (QED) is 0.721. The molecule has 4 rings (SSSR count). The minimum absolute atomic E-state index is 0.0257. The molecule has 0 aliphatic carbocycles. The number of para-hydroxylation sites is 1. The largest absolute Gasteiger partial charge is 0.372 e. The van der Waals surface area contributed by atoms with Crippen molar-refractivity contribution < 1.29 is 9.53 Å².